The van der Waals surface area contributed by atoms with Crippen LogP contribution in [-0.4, -0.2) is 71.0 Å². The van der Waals surface area contributed by atoms with Crippen LogP contribution in [0.2, 0.25) is 52.4 Å². The molecular weight excluding hydrogens is 777 g/mol. The van der Waals surface area contributed by atoms with Gasteiger partial charge in [-0.15, -0.1) is 0 Å². The topological polar surface area (TPSA) is 36.9 Å². The van der Waals surface area contributed by atoms with Crippen LogP contribution < -0.4 is 38.3 Å². The molecule has 0 aliphatic heterocycles. The first-order valence-corrected chi connectivity index (χ1v) is 35.5. The van der Waals surface area contributed by atoms with Crippen LogP contribution in [0.1, 0.15) is 55.4 Å². The Morgan fingerprint density at radius 3 is 0.585 bits per heavy atom. The Morgan fingerprint density at radius 2 is 0.453 bits per heavy atom. The third-order valence-electron chi connectivity index (χ3n) is 10.2. The van der Waals surface area contributed by atoms with E-state index in [1.54, 1.807) is 0 Å². The van der Waals surface area contributed by atoms with E-state index >= 15 is 0 Å². The SMILES string of the molecule is CC(C)O[Si](C)(C)c1cc[c]([Ge]([c]2ccc([Si](C)(C)OC(C)C)cc2)([c]2ccc([Si](C)(C)OC(C)C)cc2)[c]2ccc([Si](C)(C)OC(C)C)cc2)cc1. The van der Waals surface area contributed by atoms with Crippen molar-refractivity contribution >= 4 is 84.9 Å². The second-order valence-corrected chi connectivity index (χ2v) is 41.1. The van der Waals surface area contributed by atoms with Gasteiger partial charge in [0.25, 0.3) is 0 Å². The van der Waals surface area contributed by atoms with E-state index in [1.807, 2.05) is 0 Å². The van der Waals surface area contributed by atoms with E-state index in [4.69, 9.17) is 17.7 Å². The molecule has 0 saturated carbocycles. The molecule has 4 aromatic rings. The molecule has 0 saturated heterocycles. The third-order valence-corrected chi connectivity index (χ3v) is 31.4. The summed E-state index contributed by atoms with van der Waals surface area (Å²) in [5, 5.41) is 5.29. The van der Waals surface area contributed by atoms with Crippen molar-refractivity contribution in [2.75, 3.05) is 0 Å². The molecule has 0 amide bonds. The predicted octanol–water partition coefficient (Wildman–Crippen LogP) is 6.41. The molecule has 0 aliphatic rings. The molecule has 4 nitrogen and oxygen atoms in total. The van der Waals surface area contributed by atoms with Crippen molar-refractivity contribution in [3.8, 4) is 0 Å². The fraction of sp³-hybridized carbons (Fsp3) is 0.455. The number of rotatable bonds is 16. The molecule has 0 fully saturated rings. The first kappa shape index (κ1) is 43.9. The Labute approximate surface area is 329 Å². The molecule has 9 heteroatoms. The number of hydrogen-bond acceptors (Lipinski definition) is 4. The molecule has 0 unspecified atom stereocenters. The summed E-state index contributed by atoms with van der Waals surface area (Å²) in [6.45, 7) is 35.6. The van der Waals surface area contributed by atoms with Crippen LogP contribution in [0.15, 0.2) is 97.1 Å². The van der Waals surface area contributed by atoms with Crippen LogP contribution >= 0.6 is 0 Å². The quantitative estimate of drug-likeness (QED) is 0.122. The average molecular weight is 846 g/mol. The number of hydrogen-bond donors (Lipinski definition) is 0. The van der Waals surface area contributed by atoms with Crippen LogP contribution in [-0.2, 0) is 17.7 Å². The van der Waals surface area contributed by atoms with Crippen LogP contribution in [0.5, 0.6) is 0 Å². The summed E-state index contributed by atoms with van der Waals surface area (Å²) in [5.41, 5.74) is 0. The van der Waals surface area contributed by atoms with Crippen LogP contribution in [0.3, 0.4) is 0 Å². The predicted molar refractivity (Wildman–Crippen MR) is 243 cm³/mol. The summed E-state index contributed by atoms with van der Waals surface area (Å²) < 4.78 is 31.9. The Bertz CT molecular complexity index is 1500. The first-order chi connectivity index (χ1) is 24.5. The zero-order valence-corrected chi connectivity index (χ0v) is 41.8. The Morgan fingerprint density at radius 1 is 0.302 bits per heavy atom. The van der Waals surface area contributed by atoms with Crippen molar-refractivity contribution < 1.29 is 17.7 Å². The van der Waals surface area contributed by atoms with Gasteiger partial charge in [-0.05, 0) is 0 Å². The van der Waals surface area contributed by atoms with E-state index < -0.39 is 46.5 Å². The van der Waals surface area contributed by atoms with Crippen molar-refractivity contribution in [1.29, 1.82) is 0 Å². The van der Waals surface area contributed by atoms with Crippen molar-refractivity contribution in [2.24, 2.45) is 0 Å². The first-order valence-electron chi connectivity index (χ1n) is 19.7. The Hall–Kier alpha value is -1.87. The summed E-state index contributed by atoms with van der Waals surface area (Å²) in [4.78, 5) is 0. The van der Waals surface area contributed by atoms with Gasteiger partial charge in [-0.3, -0.25) is 0 Å². The molecule has 0 aliphatic carbocycles. The van der Waals surface area contributed by atoms with E-state index in [9.17, 15) is 0 Å². The molecule has 0 bridgehead atoms. The van der Waals surface area contributed by atoms with Gasteiger partial charge in [0.05, 0.1) is 0 Å². The monoisotopic (exact) mass is 846 g/mol. The van der Waals surface area contributed by atoms with Gasteiger partial charge >= 0.3 is 332 Å². The molecular formula is C44H68GeO4Si4. The molecule has 288 valence electrons. The zero-order valence-electron chi connectivity index (χ0n) is 35.7. The molecule has 0 atom stereocenters. The Balaban J connectivity index is 2.05. The van der Waals surface area contributed by atoms with E-state index in [0.717, 1.165) is 0 Å². The summed E-state index contributed by atoms with van der Waals surface area (Å²) >= 11 is -3.65. The van der Waals surface area contributed by atoms with Crippen LogP contribution in [0, 0.1) is 0 Å². The molecule has 0 N–H and O–H groups in total. The fourth-order valence-electron chi connectivity index (χ4n) is 8.12. The normalized spacial score (nSPS) is 13.5. The molecule has 4 aromatic carbocycles. The maximum atomic E-state index is 6.55. The minimum absolute atomic E-state index is 0.191. The van der Waals surface area contributed by atoms with E-state index in [0.29, 0.717) is 0 Å². The fourth-order valence-corrected chi connectivity index (χ4v) is 27.0. The molecule has 0 heterocycles. The standard InChI is InChI=1S/C44H68GeO4Si4/c1-33(2)46-50(9,10)41-25-17-37(18-26-41)45(38-19-27-42(28-20-38)51(11,12)47-34(3)4,39-21-29-43(30-22-39)52(13,14)48-35(5)6)40-23-31-44(32-24-40)53(15,16)49-36(7)8/h17-36H,1-16H3. The van der Waals surface area contributed by atoms with Crippen molar-refractivity contribution in [3.63, 3.8) is 0 Å². The summed E-state index contributed by atoms with van der Waals surface area (Å²) in [6, 6.07) is 38.4. The summed E-state index contributed by atoms with van der Waals surface area (Å²) in [7, 11) is -8.38. The van der Waals surface area contributed by atoms with Gasteiger partial charge in [0.1, 0.15) is 0 Å². The van der Waals surface area contributed by atoms with Gasteiger partial charge in [-0.2, -0.15) is 0 Å². The van der Waals surface area contributed by atoms with Crippen LogP contribution in [0.4, 0.5) is 0 Å². The van der Waals surface area contributed by atoms with Gasteiger partial charge in [-0.25, -0.2) is 0 Å². The van der Waals surface area contributed by atoms with Gasteiger partial charge in [0, 0.05) is 0 Å². The maximum absolute atomic E-state index is 6.55. The van der Waals surface area contributed by atoms with Crippen molar-refractivity contribution in [2.45, 2.75) is 132 Å². The minimum atomic E-state index is -3.65. The van der Waals surface area contributed by atoms with E-state index in [1.165, 1.54) is 38.3 Å². The van der Waals surface area contributed by atoms with Crippen molar-refractivity contribution in [3.05, 3.63) is 97.1 Å². The van der Waals surface area contributed by atoms with Gasteiger partial charge in [0.2, 0.25) is 0 Å². The second-order valence-electron chi connectivity index (χ2n) is 17.8. The summed E-state index contributed by atoms with van der Waals surface area (Å²) in [6.07, 6.45) is 0.763. The van der Waals surface area contributed by atoms with Crippen molar-refractivity contribution in [1.82, 2.24) is 0 Å². The second kappa shape index (κ2) is 17.1. The van der Waals surface area contributed by atoms with Gasteiger partial charge in [-0.1, -0.05) is 0 Å². The Kier molecular flexibility index (Phi) is 14.1. The number of benzene rings is 4. The third kappa shape index (κ3) is 10.3. The molecule has 53 heavy (non-hydrogen) atoms. The van der Waals surface area contributed by atoms with E-state index in [2.05, 4.69) is 205 Å². The van der Waals surface area contributed by atoms with Gasteiger partial charge in [0.15, 0.2) is 0 Å². The average Bonchev–Trinajstić information content (AvgIpc) is 3.04. The molecule has 0 radical (unpaired) electrons. The summed E-state index contributed by atoms with van der Waals surface area (Å²) in [5.74, 6) is 0. The zero-order chi connectivity index (χ0) is 39.6. The van der Waals surface area contributed by atoms with Gasteiger partial charge < -0.3 is 0 Å². The van der Waals surface area contributed by atoms with E-state index in [-0.39, 0.29) is 24.4 Å². The molecule has 0 spiro atoms. The molecule has 4 rings (SSSR count). The van der Waals surface area contributed by atoms with Crippen LogP contribution in [0.25, 0.3) is 0 Å². The molecule has 0 aromatic heterocycles.